The van der Waals surface area contributed by atoms with Crippen LogP contribution in [0.15, 0.2) is 77.2 Å². The monoisotopic (exact) mass is 513 g/mol. The van der Waals surface area contributed by atoms with Gasteiger partial charge in [0.1, 0.15) is 23.0 Å². The van der Waals surface area contributed by atoms with Gasteiger partial charge in [-0.3, -0.25) is 9.59 Å². The smallest absolute Gasteiger partial charge is 0.255 e. The third-order valence-corrected chi connectivity index (χ3v) is 6.75. The molecule has 0 unspecified atom stereocenters. The third kappa shape index (κ3) is 4.38. The minimum atomic E-state index is -0.763. The van der Waals surface area contributed by atoms with Crippen molar-refractivity contribution in [1.82, 2.24) is 10.6 Å². The Hall–Kier alpha value is -4.59. The zero-order valence-corrected chi connectivity index (χ0v) is 20.8. The van der Waals surface area contributed by atoms with Crippen LogP contribution in [0.5, 0.6) is 0 Å². The summed E-state index contributed by atoms with van der Waals surface area (Å²) in [6, 6.07) is 15.1. The molecule has 8 heteroatoms. The van der Waals surface area contributed by atoms with Crippen molar-refractivity contribution in [3.8, 4) is 22.5 Å². The number of amides is 2. The highest BCUT2D eigenvalue weighted by Crippen LogP contribution is 2.39. The van der Waals surface area contributed by atoms with Crippen LogP contribution >= 0.6 is 0 Å². The largest absolute Gasteiger partial charge is 0.455 e. The molecule has 0 atom stereocenters. The van der Waals surface area contributed by atoms with E-state index in [0.717, 1.165) is 0 Å². The van der Waals surface area contributed by atoms with Crippen molar-refractivity contribution >= 4 is 28.5 Å². The Morgan fingerprint density at radius 3 is 2.37 bits per heavy atom. The Balaban J connectivity index is 1.56. The van der Waals surface area contributed by atoms with Crippen LogP contribution in [0.3, 0.4) is 0 Å². The second-order valence-electron chi connectivity index (χ2n) is 9.22. The number of carbonyl (C=O) groups excluding carboxylic acids is 2. The van der Waals surface area contributed by atoms with Gasteiger partial charge in [-0.1, -0.05) is 24.3 Å². The lowest BCUT2D eigenvalue weighted by atomic mass is 9.98. The molecule has 1 aliphatic rings. The molecule has 0 radical (unpaired) electrons. The molecule has 5 rings (SSSR count). The molecule has 4 aromatic rings. The molecule has 38 heavy (non-hydrogen) atoms. The SMILES string of the molecule is C/C=C\C(=N)C1(NC(=O)c2cccc(-c3ccc4oc(-c5ccc(F)cc5)c(C(=O)NC)c4c3)c2F)CC1. The Kier molecular flexibility index (Phi) is 6.40. The number of fused-ring (bicyclic) bond motifs is 1. The highest BCUT2D eigenvalue weighted by molar-refractivity contribution is 6.12. The molecule has 0 spiro atoms. The van der Waals surface area contributed by atoms with E-state index in [-0.39, 0.29) is 28.2 Å². The van der Waals surface area contributed by atoms with Gasteiger partial charge in [0.05, 0.1) is 22.4 Å². The Bertz CT molecular complexity index is 1620. The number of benzene rings is 3. The average molecular weight is 514 g/mol. The Labute approximate surface area is 217 Å². The highest BCUT2D eigenvalue weighted by atomic mass is 19.1. The van der Waals surface area contributed by atoms with Gasteiger partial charge in [-0.15, -0.1) is 0 Å². The van der Waals surface area contributed by atoms with Crippen LogP contribution < -0.4 is 10.6 Å². The van der Waals surface area contributed by atoms with Gasteiger partial charge in [0.15, 0.2) is 0 Å². The number of hydrogen-bond acceptors (Lipinski definition) is 4. The maximum absolute atomic E-state index is 15.7. The van der Waals surface area contributed by atoms with Gasteiger partial charge in [-0.25, -0.2) is 8.78 Å². The number of allylic oxidation sites excluding steroid dienone is 1. The predicted octanol–water partition coefficient (Wildman–Crippen LogP) is 6.26. The van der Waals surface area contributed by atoms with Crippen LogP contribution in [0.4, 0.5) is 8.78 Å². The van der Waals surface area contributed by atoms with Crippen molar-refractivity contribution in [3.63, 3.8) is 0 Å². The molecule has 0 bridgehead atoms. The summed E-state index contributed by atoms with van der Waals surface area (Å²) in [7, 11) is 1.49. The molecule has 1 aliphatic carbocycles. The van der Waals surface area contributed by atoms with E-state index >= 15 is 4.39 Å². The van der Waals surface area contributed by atoms with E-state index in [4.69, 9.17) is 9.83 Å². The third-order valence-electron chi connectivity index (χ3n) is 6.75. The number of nitrogens with one attached hydrogen (secondary N) is 3. The maximum Gasteiger partial charge on any atom is 0.255 e. The molecule has 192 valence electrons. The van der Waals surface area contributed by atoms with E-state index in [0.29, 0.717) is 34.9 Å². The van der Waals surface area contributed by atoms with Crippen LogP contribution in [0, 0.1) is 17.0 Å². The fourth-order valence-corrected chi connectivity index (χ4v) is 4.55. The van der Waals surface area contributed by atoms with E-state index < -0.39 is 29.0 Å². The summed E-state index contributed by atoms with van der Waals surface area (Å²) < 4.78 is 35.2. The number of hydrogen-bond donors (Lipinski definition) is 3. The first-order valence-electron chi connectivity index (χ1n) is 12.2. The van der Waals surface area contributed by atoms with Crippen molar-refractivity contribution in [1.29, 1.82) is 5.41 Å². The quantitative estimate of drug-likeness (QED) is 0.255. The number of halogens is 2. The lowest BCUT2D eigenvalue weighted by Gasteiger charge is -2.17. The molecule has 1 aromatic heterocycles. The van der Waals surface area contributed by atoms with E-state index in [9.17, 15) is 14.0 Å². The fourth-order valence-electron chi connectivity index (χ4n) is 4.55. The molecule has 0 aliphatic heterocycles. The Morgan fingerprint density at radius 1 is 1.00 bits per heavy atom. The second kappa shape index (κ2) is 9.70. The van der Waals surface area contributed by atoms with Crippen LogP contribution in [0.2, 0.25) is 0 Å². The van der Waals surface area contributed by atoms with Gasteiger partial charge in [0, 0.05) is 23.6 Å². The maximum atomic E-state index is 15.7. The van der Waals surface area contributed by atoms with Crippen molar-refractivity contribution in [2.75, 3.05) is 7.05 Å². The van der Waals surface area contributed by atoms with E-state index in [2.05, 4.69) is 10.6 Å². The lowest BCUT2D eigenvalue weighted by Crippen LogP contribution is -2.42. The predicted molar refractivity (Wildman–Crippen MR) is 142 cm³/mol. The Morgan fingerprint density at radius 2 is 1.71 bits per heavy atom. The van der Waals surface area contributed by atoms with Crippen molar-refractivity contribution in [2.24, 2.45) is 0 Å². The second-order valence-corrected chi connectivity index (χ2v) is 9.22. The van der Waals surface area contributed by atoms with E-state index in [1.807, 2.05) is 0 Å². The summed E-state index contributed by atoms with van der Waals surface area (Å²) in [6.45, 7) is 1.80. The zero-order chi connectivity index (χ0) is 27.0. The first-order chi connectivity index (χ1) is 18.3. The summed E-state index contributed by atoms with van der Waals surface area (Å²) in [6.07, 6.45) is 4.61. The minimum Gasteiger partial charge on any atom is -0.455 e. The molecule has 6 nitrogen and oxygen atoms in total. The first kappa shape index (κ1) is 25.1. The summed E-state index contributed by atoms with van der Waals surface area (Å²) in [5.41, 5.74) is 1.18. The molecular weight excluding hydrogens is 488 g/mol. The van der Waals surface area contributed by atoms with Crippen molar-refractivity contribution in [3.05, 3.63) is 95.6 Å². The summed E-state index contributed by atoms with van der Waals surface area (Å²) in [5, 5.41) is 14.1. The standard InChI is InChI=1S/C30H25F2N3O3/c1-3-5-24(33)30(14-15-30)35-28(36)21-7-4-6-20(26(21)32)18-10-13-23-22(16-18)25(29(37)34-2)27(38-23)17-8-11-19(31)12-9-17/h3-13,16,33H,14-15H2,1-2H3,(H,34,37)(H,35,36)/b5-3-,33-24?. The molecule has 3 N–H and O–H groups in total. The number of carbonyl (C=O) groups is 2. The van der Waals surface area contributed by atoms with Gasteiger partial charge in [0.25, 0.3) is 11.8 Å². The molecule has 1 heterocycles. The topological polar surface area (TPSA) is 95.2 Å². The molecule has 1 fully saturated rings. The van der Waals surface area contributed by atoms with Crippen molar-refractivity contribution < 1.29 is 22.8 Å². The highest BCUT2D eigenvalue weighted by Gasteiger charge is 2.47. The number of furan rings is 1. The normalized spacial score (nSPS) is 14.0. The molecule has 1 saturated carbocycles. The van der Waals surface area contributed by atoms with Gasteiger partial charge < -0.3 is 20.5 Å². The summed E-state index contributed by atoms with van der Waals surface area (Å²) in [4.78, 5) is 25.9. The summed E-state index contributed by atoms with van der Waals surface area (Å²) in [5.74, 6) is -1.86. The zero-order valence-electron chi connectivity index (χ0n) is 20.8. The fraction of sp³-hybridized carbons (Fsp3) is 0.167. The van der Waals surface area contributed by atoms with Gasteiger partial charge >= 0.3 is 0 Å². The van der Waals surface area contributed by atoms with Gasteiger partial charge in [-0.2, -0.15) is 0 Å². The number of rotatable bonds is 7. The molecule has 0 saturated heterocycles. The molecule has 2 amide bonds. The van der Waals surface area contributed by atoms with E-state index in [1.165, 1.54) is 37.4 Å². The average Bonchev–Trinajstić information content (AvgIpc) is 3.60. The first-order valence-corrected chi connectivity index (χ1v) is 12.2. The molecular formula is C30H25F2N3O3. The molecule has 3 aromatic carbocycles. The van der Waals surface area contributed by atoms with Gasteiger partial charge in [-0.05, 0) is 73.9 Å². The van der Waals surface area contributed by atoms with Crippen LogP contribution in [0.1, 0.15) is 40.5 Å². The van der Waals surface area contributed by atoms with Crippen LogP contribution in [-0.4, -0.2) is 30.1 Å². The van der Waals surface area contributed by atoms with Gasteiger partial charge in [0.2, 0.25) is 0 Å². The lowest BCUT2D eigenvalue weighted by molar-refractivity contribution is 0.0937. The van der Waals surface area contributed by atoms with E-state index in [1.54, 1.807) is 49.4 Å². The van der Waals surface area contributed by atoms with Crippen LogP contribution in [-0.2, 0) is 0 Å². The summed E-state index contributed by atoms with van der Waals surface area (Å²) >= 11 is 0. The van der Waals surface area contributed by atoms with Crippen molar-refractivity contribution in [2.45, 2.75) is 25.3 Å². The van der Waals surface area contributed by atoms with Crippen LogP contribution in [0.25, 0.3) is 33.4 Å². The minimum absolute atomic E-state index is 0.132.